The molecule has 0 N–H and O–H groups in total. The number of benzene rings is 2. The summed E-state index contributed by atoms with van der Waals surface area (Å²) in [6.45, 7) is 6.53. The highest BCUT2D eigenvalue weighted by Gasteiger charge is 2.16. The molecule has 0 atom stereocenters. The molecule has 0 saturated carbocycles. The van der Waals surface area contributed by atoms with Gasteiger partial charge in [-0.05, 0) is 47.0 Å². The van der Waals surface area contributed by atoms with Crippen molar-refractivity contribution in [2.75, 3.05) is 0 Å². The highest BCUT2D eigenvalue weighted by molar-refractivity contribution is 6.33. The number of pyridine rings is 1. The van der Waals surface area contributed by atoms with Crippen molar-refractivity contribution in [1.82, 2.24) is 4.98 Å². The lowest BCUT2D eigenvalue weighted by Gasteiger charge is -2.18. The summed E-state index contributed by atoms with van der Waals surface area (Å²) in [6.07, 6.45) is 1.88. The predicted octanol–water partition coefficient (Wildman–Crippen LogP) is 6.17. The van der Waals surface area contributed by atoms with Crippen LogP contribution in [-0.2, 0) is 5.41 Å². The molecule has 3 aromatic rings. The summed E-state index contributed by atoms with van der Waals surface area (Å²) < 4.78 is 0. The first-order chi connectivity index (χ1) is 10.9. The van der Waals surface area contributed by atoms with Gasteiger partial charge in [-0.1, -0.05) is 62.7 Å². The van der Waals surface area contributed by atoms with Gasteiger partial charge in [-0.3, -0.25) is 4.98 Å². The van der Waals surface area contributed by atoms with E-state index in [1.807, 2.05) is 18.3 Å². The summed E-state index contributed by atoms with van der Waals surface area (Å²) in [7, 11) is 0. The molecule has 2 heteroatoms. The standard InChI is InChI=1S/C21H19ClN/c1-21(2,3)20-14-16(11-12-23-20)15-7-6-8-17(13-15)18-9-4-5-10-19(18)22/h4,6-14H,1-3H3. The molecule has 1 radical (unpaired) electrons. The van der Waals surface area contributed by atoms with Crippen LogP contribution in [0.4, 0.5) is 0 Å². The fraction of sp³-hybridized carbons (Fsp3) is 0.190. The van der Waals surface area contributed by atoms with Crippen molar-refractivity contribution in [3.05, 3.63) is 77.6 Å². The summed E-state index contributed by atoms with van der Waals surface area (Å²) in [6, 6.07) is 21.3. The van der Waals surface area contributed by atoms with E-state index in [2.05, 4.69) is 68.2 Å². The Hall–Kier alpha value is -2.12. The van der Waals surface area contributed by atoms with Gasteiger partial charge in [0, 0.05) is 27.9 Å². The van der Waals surface area contributed by atoms with E-state index in [0.29, 0.717) is 0 Å². The molecule has 0 saturated heterocycles. The molecule has 23 heavy (non-hydrogen) atoms. The highest BCUT2D eigenvalue weighted by atomic mass is 35.5. The molecule has 0 aliphatic carbocycles. The molecule has 0 aliphatic rings. The maximum Gasteiger partial charge on any atom is 0.0490 e. The molecule has 1 heterocycles. The van der Waals surface area contributed by atoms with E-state index < -0.39 is 0 Å². The number of nitrogens with zero attached hydrogens (tertiary/aromatic N) is 1. The van der Waals surface area contributed by atoms with E-state index in [-0.39, 0.29) is 5.41 Å². The van der Waals surface area contributed by atoms with Gasteiger partial charge in [-0.15, -0.1) is 0 Å². The summed E-state index contributed by atoms with van der Waals surface area (Å²) in [5.74, 6) is 0. The number of hydrogen-bond acceptors (Lipinski definition) is 1. The topological polar surface area (TPSA) is 12.9 Å². The van der Waals surface area contributed by atoms with E-state index in [4.69, 9.17) is 11.6 Å². The quantitative estimate of drug-likeness (QED) is 0.550. The Morgan fingerprint density at radius 2 is 1.70 bits per heavy atom. The van der Waals surface area contributed by atoms with Crippen LogP contribution >= 0.6 is 11.6 Å². The molecule has 0 fully saturated rings. The molecule has 0 amide bonds. The lowest BCUT2D eigenvalue weighted by atomic mass is 9.89. The Bertz CT molecular complexity index is 831. The van der Waals surface area contributed by atoms with E-state index in [0.717, 1.165) is 21.8 Å². The van der Waals surface area contributed by atoms with Gasteiger partial charge in [0.05, 0.1) is 0 Å². The summed E-state index contributed by atoms with van der Waals surface area (Å²) >= 11 is 6.30. The second-order valence-corrected chi connectivity index (χ2v) is 7.07. The van der Waals surface area contributed by atoms with Gasteiger partial charge in [-0.25, -0.2) is 0 Å². The molecule has 2 aromatic carbocycles. The van der Waals surface area contributed by atoms with Crippen LogP contribution < -0.4 is 0 Å². The molecular formula is C21H19ClN. The SMILES string of the molecule is CC(C)(C)c1cc(-c2cccc(-c3cc[c]cc3Cl)c2)ccn1. The van der Waals surface area contributed by atoms with Crippen molar-refractivity contribution >= 4 is 11.6 Å². The second kappa shape index (κ2) is 6.17. The molecule has 1 aromatic heterocycles. The highest BCUT2D eigenvalue weighted by Crippen LogP contribution is 2.31. The summed E-state index contributed by atoms with van der Waals surface area (Å²) in [5.41, 5.74) is 5.59. The molecule has 115 valence electrons. The van der Waals surface area contributed by atoms with Gasteiger partial charge >= 0.3 is 0 Å². The maximum atomic E-state index is 6.30. The zero-order valence-corrected chi connectivity index (χ0v) is 14.4. The minimum absolute atomic E-state index is 0.0339. The van der Waals surface area contributed by atoms with E-state index >= 15 is 0 Å². The first-order valence-electron chi connectivity index (χ1n) is 7.68. The lowest BCUT2D eigenvalue weighted by Crippen LogP contribution is -2.13. The Balaban J connectivity index is 2.06. The molecule has 3 rings (SSSR count). The average Bonchev–Trinajstić information content (AvgIpc) is 2.55. The number of aromatic nitrogens is 1. The van der Waals surface area contributed by atoms with Crippen LogP contribution in [0.3, 0.4) is 0 Å². The lowest BCUT2D eigenvalue weighted by molar-refractivity contribution is 0.569. The van der Waals surface area contributed by atoms with E-state index in [9.17, 15) is 0 Å². The Morgan fingerprint density at radius 3 is 2.43 bits per heavy atom. The van der Waals surface area contributed by atoms with Crippen LogP contribution in [0.1, 0.15) is 26.5 Å². The van der Waals surface area contributed by atoms with E-state index in [1.54, 1.807) is 6.07 Å². The summed E-state index contributed by atoms with van der Waals surface area (Å²) in [5, 5.41) is 0.717. The zero-order chi connectivity index (χ0) is 16.4. The van der Waals surface area contributed by atoms with Crippen molar-refractivity contribution in [3.63, 3.8) is 0 Å². The number of halogens is 1. The average molecular weight is 321 g/mol. The monoisotopic (exact) mass is 320 g/mol. The Kier molecular flexibility index (Phi) is 4.23. The first kappa shape index (κ1) is 15.8. The van der Waals surface area contributed by atoms with Gasteiger partial charge in [0.1, 0.15) is 0 Å². The van der Waals surface area contributed by atoms with Crippen molar-refractivity contribution < 1.29 is 0 Å². The van der Waals surface area contributed by atoms with Crippen molar-refractivity contribution in [1.29, 1.82) is 0 Å². The van der Waals surface area contributed by atoms with Crippen molar-refractivity contribution in [3.8, 4) is 22.3 Å². The largest absolute Gasteiger partial charge is 0.261 e. The van der Waals surface area contributed by atoms with Crippen LogP contribution in [-0.4, -0.2) is 4.98 Å². The van der Waals surface area contributed by atoms with Gasteiger partial charge in [-0.2, -0.15) is 0 Å². The van der Waals surface area contributed by atoms with Crippen LogP contribution in [0.25, 0.3) is 22.3 Å². The molecule has 0 aliphatic heterocycles. The fourth-order valence-corrected chi connectivity index (χ4v) is 2.77. The third-order valence-corrected chi connectivity index (χ3v) is 4.16. The molecular weight excluding hydrogens is 302 g/mol. The number of rotatable bonds is 2. The van der Waals surface area contributed by atoms with Crippen LogP contribution in [0.15, 0.2) is 60.8 Å². The first-order valence-corrected chi connectivity index (χ1v) is 8.06. The summed E-state index contributed by atoms with van der Waals surface area (Å²) in [4.78, 5) is 4.51. The predicted molar refractivity (Wildman–Crippen MR) is 97.7 cm³/mol. The molecule has 0 spiro atoms. The molecule has 0 bridgehead atoms. The normalized spacial score (nSPS) is 11.5. The van der Waals surface area contributed by atoms with Gasteiger partial charge in [0.25, 0.3) is 0 Å². The fourth-order valence-electron chi connectivity index (χ4n) is 2.53. The van der Waals surface area contributed by atoms with Crippen LogP contribution in [0.5, 0.6) is 0 Å². The molecule has 0 unspecified atom stereocenters. The Labute approximate surface area is 143 Å². The minimum atomic E-state index is 0.0339. The maximum absolute atomic E-state index is 6.30. The third kappa shape index (κ3) is 3.46. The Morgan fingerprint density at radius 1 is 0.957 bits per heavy atom. The van der Waals surface area contributed by atoms with Crippen LogP contribution in [0, 0.1) is 6.07 Å². The number of hydrogen-bond donors (Lipinski definition) is 0. The molecule has 1 nitrogen and oxygen atoms in total. The van der Waals surface area contributed by atoms with Gasteiger partial charge < -0.3 is 0 Å². The van der Waals surface area contributed by atoms with Crippen molar-refractivity contribution in [2.45, 2.75) is 26.2 Å². The van der Waals surface area contributed by atoms with E-state index in [1.165, 1.54) is 11.1 Å². The van der Waals surface area contributed by atoms with Crippen molar-refractivity contribution in [2.24, 2.45) is 0 Å². The van der Waals surface area contributed by atoms with Gasteiger partial charge in [0.15, 0.2) is 0 Å². The minimum Gasteiger partial charge on any atom is -0.261 e. The zero-order valence-electron chi connectivity index (χ0n) is 13.6. The third-order valence-electron chi connectivity index (χ3n) is 3.85. The second-order valence-electron chi connectivity index (χ2n) is 6.67. The van der Waals surface area contributed by atoms with Crippen LogP contribution in [0.2, 0.25) is 5.02 Å². The van der Waals surface area contributed by atoms with Gasteiger partial charge in [0.2, 0.25) is 0 Å². The smallest absolute Gasteiger partial charge is 0.0490 e.